The van der Waals surface area contributed by atoms with E-state index in [0.717, 1.165) is 18.2 Å². The van der Waals surface area contributed by atoms with Crippen molar-refractivity contribution in [2.75, 3.05) is 26.7 Å². The molecule has 2 rings (SSSR count). The Morgan fingerprint density at radius 2 is 1.69 bits per heavy atom. The Kier molecular flexibility index (Phi) is 9.58. The first-order valence-corrected chi connectivity index (χ1v) is 8.39. The van der Waals surface area contributed by atoms with Crippen molar-refractivity contribution in [1.82, 2.24) is 4.90 Å². The predicted molar refractivity (Wildman–Crippen MR) is 106 cm³/mol. The lowest BCUT2D eigenvalue weighted by molar-refractivity contribution is 0.103. The molecule has 0 spiro atoms. The van der Waals surface area contributed by atoms with Crippen LogP contribution in [0.5, 0.6) is 5.75 Å². The lowest BCUT2D eigenvalue weighted by Gasteiger charge is -2.11. The molecule has 0 heterocycles. The first kappa shape index (κ1) is 24.4. The maximum absolute atomic E-state index is 14.2. The monoisotopic (exact) mass is 429 g/mol. The summed E-state index contributed by atoms with van der Waals surface area (Å²) >= 11 is 0. The van der Waals surface area contributed by atoms with Gasteiger partial charge in [-0.25, -0.2) is 17.6 Å². The molecule has 0 N–H and O–H groups in total. The molecular formula is C21H20ClF4NO2. The minimum absolute atomic E-state index is 0. The fraction of sp³-hybridized carbons (Fsp3) is 0.190. The van der Waals surface area contributed by atoms with Crippen LogP contribution < -0.4 is 4.74 Å². The van der Waals surface area contributed by atoms with Crippen molar-refractivity contribution in [1.29, 1.82) is 0 Å². The van der Waals surface area contributed by atoms with E-state index in [2.05, 4.69) is 6.58 Å². The maximum Gasteiger partial charge on any atom is 0.199 e. The number of carbonyl (C=O) groups excluding carboxylic acids is 1. The Bertz CT molecular complexity index is 902. The van der Waals surface area contributed by atoms with Gasteiger partial charge in [-0.15, -0.1) is 19.0 Å². The summed E-state index contributed by atoms with van der Waals surface area (Å²) in [6.45, 7) is 4.95. The molecule has 0 aliphatic carbocycles. The normalized spacial score (nSPS) is 10.8. The molecule has 156 valence electrons. The molecule has 2 aromatic carbocycles. The highest BCUT2D eigenvalue weighted by Gasteiger charge is 2.21. The Balaban J connectivity index is 0.00000420. The summed E-state index contributed by atoms with van der Waals surface area (Å²) in [4.78, 5) is 14.2. The van der Waals surface area contributed by atoms with Crippen LogP contribution >= 0.6 is 12.4 Å². The van der Waals surface area contributed by atoms with Crippen molar-refractivity contribution < 1.29 is 27.1 Å². The summed E-state index contributed by atoms with van der Waals surface area (Å²) in [5.41, 5.74) is -1.23. The van der Waals surface area contributed by atoms with E-state index in [1.54, 1.807) is 18.2 Å². The molecule has 0 aromatic heterocycles. The van der Waals surface area contributed by atoms with Gasteiger partial charge in [0.2, 0.25) is 0 Å². The smallest absolute Gasteiger partial charge is 0.199 e. The maximum atomic E-state index is 14.2. The van der Waals surface area contributed by atoms with Crippen molar-refractivity contribution in [2.24, 2.45) is 0 Å². The second-order valence-corrected chi connectivity index (χ2v) is 6.01. The molecule has 0 fully saturated rings. The number of ketones is 1. The zero-order valence-corrected chi connectivity index (χ0v) is 16.4. The van der Waals surface area contributed by atoms with E-state index in [1.807, 2.05) is 11.9 Å². The largest absolute Gasteiger partial charge is 0.486 e. The zero-order valence-electron chi connectivity index (χ0n) is 15.6. The highest BCUT2D eigenvalue weighted by atomic mass is 35.5. The van der Waals surface area contributed by atoms with Gasteiger partial charge in [-0.3, -0.25) is 9.69 Å². The summed E-state index contributed by atoms with van der Waals surface area (Å²) in [7, 11) is 1.89. The van der Waals surface area contributed by atoms with Crippen molar-refractivity contribution in [3.63, 3.8) is 0 Å². The van der Waals surface area contributed by atoms with E-state index in [4.69, 9.17) is 4.74 Å². The third-order valence-electron chi connectivity index (χ3n) is 3.80. The quantitative estimate of drug-likeness (QED) is 0.321. The van der Waals surface area contributed by atoms with E-state index >= 15 is 0 Å². The average molecular weight is 430 g/mol. The first-order valence-electron chi connectivity index (χ1n) is 8.39. The van der Waals surface area contributed by atoms with Crippen LogP contribution in [0.2, 0.25) is 0 Å². The molecule has 8 heteroatoms. The van der Waals surface area contributed by atoms with Gasteiger partial charge in [0.15, 0.2) is 17.3 Å². The minimum Gasteiger partial charge on any atom is -0.486 e. The van der Waals surface area contributed by atoms with Crippen molar-refractivity contribution in [3.8, 4) is 5.75 Å². The van der Waals surface area contributed by atoms with Crippen molar-refractivity contribution in [3.05, 3.63) is 89.5 Å². The minimum atomic E-state index is -1.16. The number of carbonyl (C=O) groups is 1. The van der Waals surface area contributed by atoms with Gasteiger partial charge >= 0.3 is 0 Å². The summed E-state index contributed by atoms with van der Waals surface area (Å²) in [5, 5.41) is 0. The van der Waals surface area contributed by atoms with E-state index < -0.39 is 40.2 Å². The number of hydrogen-bond donors (Lipinski definition) is 0. The van der Waals surface area contributed by atoms with E-state index in [9.17, 15) is 22.4 Å². The van der Waals surface area contributed by atoms with Gasteiger partial charge in [-0.1, -0.05) is 18.2 Å². The van der Waals surface area contributed by atoms with Gasteiger partial charge in [0.25, 0.3) is 0 Å². The van der Waals surface area contributed by atoms with Crippen LogP contribution in [0.25, 0.3) is 0 Å². The Morgan fingerprint density at radius 3 is 2.34 bits per heavy atom. The molecule has 0 saturated carbocycles. The van der Waals surface area contributed by atoms with Crippen LogP contribution in [0.15, 0.2) is 55.1 Å². The van der Waals surface area contributed by atoms with Crippen LogP contribution in [0.4, 0.5) is 17.6 Å². The second-order valence-electron chi connectivity index (χ2n) is 6.01. The standard InChI is InChI=1S/C21H19F4NO2.ClH/c1-3-8-26(2)9-4-5-10-28-20-13-18(24)16(12-19(20)25)21(27)15-7-6-14(22)11-17(15)23;/h3-7,11-13H,1,8-10H2,2H3;1H. The number of rotatable bonds is 9. The number of nitrogens with zero attached hydrogens (tertiary/aromatic N) is 1. The third kappa shape index (κ3) is 6.73. The molecule has 0 aliphatic heterocycles. The lowest BCUT2D eigenvalue weighted by atomic mass is 10.0. The topological polar surface area (TPSA) is 29.5 Å². The number of likely N-dealkylation sites (N-methyl/N-ethyl adjacent to an activating group) is 1. The van der Waals surface area contributed by atoms with Gasteiger partial charge < -0.3 is 4.74 Å². The van der Waals surface area contributed by atoms with E-state index in [1.165, 1.54) is 0 Å². The molecule has 29 heavy (non-hydrogen) atoms. The van der Waals surface area contributed by atoms with Crippen LogP contribution in [0, 0.1) is 23.3 Å². The number of halogens is 5. The number of benzene rings is 2. The molecule has 0 unspecified atom stereocenters. The summed E-state index contributed by atoms with van der Waals surface area (Å²) in [6, 6.07) is 3.60. The number of ether oxygens (including phenoxy) is 1. The predicted octanol–water partition coefficient (Wildman–Crippen LogP) is 4.95. The average Bonchev–Trinajstić information content (AvgIpc) is 2.63. The van der Waals surface area contributed by atoms with Crippen molar-refractivity contribution >= 4 is 18.2 Å². The first-order chi connectivity index (χ1) is 13.3. The summed E-state index contributed by atoms with van der Waals surface area (Å²) in [5.74, 6) is -5.54. The van der Waals surface area contributed by atoms with Crippen LogP contribution in [-0.2, 0) is 0 Å². The third-order valence-corrected chi connectivity index (χ3v) is 3.80. The molecule has 0 bridgehead atoms. The SMILES string of the molecule is C=CCN(C)CC=CCOc1cc(F)c(C(=O)c2ccc(F)cc2F)cc1F.Cl. The van der Waals surface area contributed by atoms with E-state index in [-0.39, 0.29) is 24.8 Å². The van der Waals surface area contributed by atoms with Crippen molar-refractivity contribution in [2.45, 2.75) is 0 Å². The molecule has 0 amide bonds. The molecule has 3 nitrogen and oxygen atoms in total. The van der Waals surface area contributed by atoms with Gasteiger partial charge in [-0.2, -0.15) is 0 Å². The highest BCUT2D eigenvalue weighted by molar-refractivity contribution is 6.09. The zero-order chi connectivity index (χ0) is 20.7. The molecule has 2 aromatic rings. The van der Waals surface area contributed by atoms with Gasteiger partial charge in [0.1, 0.15) is 24.1 Å². The Morgan fingerprint density at radius 1 is 1.00 bits per heavy atom. The highest BCUT2D eigenvalue weighted by Crippen LogP contribution is 2.24. The van der Waals surface area contributed by atoms with Gasteiger partial charge in [-0.05, 0) is 25.2 Å². The molecule has 0 aliphatic rings. The molecule has 0 saturated heterocycles. The Labute approximate surface area is 172 Å². The fourth-order valence-corrected chi connectivity index (χ4v) is 2.39. The molecule has 0 atom stereocenters. The summed E-state index contributed by atoms with van der Waals surface area (Å²) < 4.78 is 60.3. The van der Waals surface area contributed by atoms with Crippen LogP contribution in [0.3, 0.4) is 0 Å². The molecule has 0 radical (unpaired) electrons. The van der Waals surface area contributed by atoms with Gasteiger partial charge in [0.05, 0.1) is 11.1 Å². The van der Waals surface area contributed by atoms with Crippen LogP contribution in [0.1, 0.15) is 15.9 Å². The second kappa shape index (κ2) is 11.4. The summed E-state index contributed by atoms with van der Waals surface area (Å²) in [6.07, 6.45) is 5.19. The van der Waals surface area contributed by atoms with Gasteiger partial charge in [0, 0.05) is 25.2 Å². The molecular weight excluding hydrogens is 410 g/mol. The van der Waals surface area contributed by atoms with E-state index in [0.29, 0.717) is 25.2 Å². The fourth-order valence-electron chi connectivity index (χ4n) is 2.39. The lowest BCUT2D eigenvalue weighted by Crippen LogP contribution is -2.17. The Hall–Kier alpha value is -2.64. The number of hydrogen-bond acceptors (Lipinski definition) is 3. The van der Waals surface area contributed by atoms with Crippen LogP contribution in [-0.4, -0.2) is 37.4 Å².